The van der Waals surface area contributed by atoms with Crippen molar-refractivity contribution in [3.63, 3.8) is 0 Å². The second-order valence-corrected chi connectivity index (χ2v) is 5.13. The number of nitrogens with one attached hydrogen (secondary N) is 1. The summed E-state index contributed by atoms with van der Waals surface area (Å²) < 4.78 is 3.02. The van der Waals surface area contributed by atoms with Crippen molar-refractivity contribution < 1.29 is 9.53 Å². The molecular weight excluding hydrogens is 260 g/mol. The molecule has 0 aromatic rings. The summed E-state index contributed by atoms with van der Waals surface area (Å²) in [7, 11) is 0. The predicted molar refractivity (Wildman–Crippen MR) is 63.0 cm³/mol. The molecule has 0 amide bonds. The topological polar surface area (TPSA) is 50.2 Å². The summed E-state index contributed by atoms with van der Waals surface area (Å²) in [6.07, 6.45) is 4.61. The third kappa shape index (κ3) is 8.73. The first-order valence-corrected chi connectivity index (χ1v) is 5.40. The van der Waals surface area contributed by atoms with Crippen molar-refractivity contribution in [3.05, 3.63) is 12.2 Å². The number of ether oxygens (including phenoxy) is 1. The smallest absolute Gasteiger partial charge is 0.265 e. The van der Waals surface area contributed by atoms with Crippen LogP contribution in [0.2, 0.25) is 0 Å². The zero-order chi connectivity index (χ0) is 11.9. The molecule has 0 saturated carbocycles. The molecular formula is C9H12Cl3NO2. The van der Waals surface area contributed by atoms with Gasteiger partial charge in [-0.25, -0.2) is 0 Å². The van der Waals surface area contributed by atoms with Crippen molar-refractivity contribution in [3.8, 4) is 0 Å². The number of Topliss-reactive ketones (excluding diaryl/α,β-unsaturated/α-hetero) is 1. The van der Waals surface area contributed by atoms with Crippen molar-refractivity contribution in [2.75, 3.05) is 6.61 Å². The van der Waals surface area contributed by atoms with Crippen molar-refractivity contribution in [1.82, 2.24) is 0 Å². The minimum absolute atomic E-state index is 0.134. The van der Waals surface area contributed by atoms with E-state index in [0.29, 0.717) is 12.8 Å². The van der Waals surface area contributed by atoms with E-state index in [2.05, 4.69) is 0 Å². The molecule has 0 aromatic carbocycles. The van der Waals surface area contributed by atoms with Crippen LogP contribution in [-0.4, -0.2) is 22.1 Å². The number of halogens is 3. The highest BCUT2D eigenvalue weighted by Gasteiger charge is 2.28. The molecule has 0 rings (SSSR count). The first-order valence-electron chi connectivity index (χ1n) is 4.27. The Kier molecular flexibility index (Phi) is 6.98. The van der Waals surface area contributed by atoms with Gasteiger partial charge in [0.15, 0.2) is 0 Å². The summed E-state index contributed by atoms with van der Waals surface area (Å²) in [5.74, 6) is -0.279. The summed E-state index contributed by atoms with van der Waals surface area (Å²) >= 11 is 16.1. The Hall–Kier alpha value is -0.250. The molecule has 3 nitrogen and oxygen atoms in total. The van der Waals surface area contributed by atoms with Gasteiger partial charge >= 0.3 is 0 Å². The second kappa shape index (κ2) is 7.09. The van der Waals surface area contributed by atoms with Crippen molar-refractivity contribution in [2.45, 2.75) is 23.6 Å². The van der Waals surface area contributed by atoms with E-state index in [1.165, 1.54) is 6.92 Å². The summed E-state index contributed by atoms with van der Waals surface area (Å²) in [6, 6.07) is 0. The van der Waals surface area contributed by atoms with Gasteiger partial charge in [0.25, 0.3) is 3.79 Å². The van der Waals surface area contributed by atoms with Gasteiger partial charge in [-0.15, -0.1) is 0 Å². The third-order valence-corrected chi connectivity index (χ3v) is 1.93. The Balaban J connectivity index is 3.62. The number of hydrogen-bond donors (Lipinski definition) is 1. The van der Waals surface area contributed by atoms with E-state index < -0.39 is 9.69 Å². The Bertz CT molecular complexity index is 259. The number of allylic oxidation sites excluding steroid dienone is 1. The van der Waals surface area contributed by atoms with Gasteiger partial charge in [-0.2, -0.15) is 0 Å². The molecule has 0 aromatic heterocycles. The Morgan fingerprint density at radius 1 is 1.40 bits per heavy atom. The van der Waals surface area contributed by atoms with Crippen LogP contribution < -0.4 is 0 Å². The van der Waals surface area contributed by atoms with E-state index in [9.17, 15) is 4.79 Å². The van der Waals surface area contributed by atoms with E-state index in [-0.39, 0.29) is 12.4 Å². The molecule has 0 unspecified atom stereocenters. The van der Waals surface area contributed by atoms with Gasteiger partial charge in [0.2, 0.25) is 5.90 Å². The maximum atomic E-state index is 10.6. The lowest BCUT2D eigenvalue weighted by atomic mass is 10.2. The molecule has 0 heterocycles. The fraction of sp³-hybridized carbons (Fsp3) is 0.556. The van der Waals surface area contributed by atoms with E-state index in [4.69, 9.17) is 44.9 Å². The number of carbonyl (C=O) groups excluding carboxylic acids is 1. The van der Waals surface area contributed by atoms with Crippen LogP contribution in [0.25, 0.3) is 0 Å². The van der Waals surface area contributed by atoms with Crippen LogP contribution >= 0.6 is 34.8 Å². The minimum atomic E-state index is -1.81. The fourth-order valence-corrected chi connectivity index (χ4v) is 0.849. The van der Waals surface area contributed by atoms with Crippen LogP contribution in [0.15, 0.2) is 12.2 Å². The highest BCUT2D eigenvalue weighted by molar-refractivity contribution is 6.76. The highest BCUT2D eigenvalue weighted by Crippen LogP contribution is 2.27. The predicted octanol–water partition coefficient (Wildman–Crippen LogP) is 3.28. The quantitative estimate of drug-likeness (QED) is 0.361. The average Bonchev–Trinajstić information content (AvgIpc) is 2.08. The lowest BCUT2D eigenvalue weighted by molar-refractivity contribution is -0.116. The van der Waals surface area contributed by atoms with Gasteiger partial charge in [-0.3, -0.25) is 5.41 Å². The standard InChI is InChI=1S/C9H12Cl3NO2/c1-7(14)5-3-2-4-6-15-8(13)9(10,11)12/h2,4,13H,3,5-6H2,1H3/b4-2+,13-8?. The molecule has 0 aliphatic rings. The van der Waals surface area contributed by atoms with Crippen molar-refractivity contribution in [2.24, 2.45) is 0 Å². The fourth-order valence-electron chi connectivity index (χ4n) is 0.686. The third-order valence-electron chi connectivity index (χ3n) is 1.41. The number of rotatable bonds is 5. The number of carbonyl (C=O) groups is 1. The summed E-state index contributed by atoms with van der Waals surface area (Å²) in [5.41, 5.74) is 0. The van der Waals surface area contributed by atoms with E-state index >= 15 is 0 Å². The number of alkyl halides is 3. The lowest BCUT2D eigenvalue weighted by Crippen LogP contribution is -2.21. The molecule has 0 aliphatic carbocycles. The normalized spacial score (nSPS) is 11.7. The van der Waals surface area contributed by atoms with Gasteiger partial charge in [0.1, 0.15) is 12.4 Å². The molecule has 0 bridgehead atoms. The maximum Gasteiger partial charge on any atom is 0.265 e. The molecule has 0 saturated heterocycles. The van der Waals surface area contributed by atoms with Gasteiger partial charge in [-0.05, 0) is 13.3 Å². The van der Waals surface area contributed by atoms with Gasteiger partial charge in [0, 0.05) is 6.42 Å². The van der Waals surface area contributed by atoms with Crippen molar-refractivity contribution in [1.29, 1.82) is 5.41 Å². The largest absolute Gasteiger partial charge is 0.474 e. The molecule has 0 atom stereocenters. The lowest BCUT2D eigenvalue weighted by Gasteiger charge is -2.11. The van der Waals surface area contributed by atoms with Crippen LogP contribution in [0.3, 0.4) is 0 Å². The maximum absolute atomic E-state index is 10.6. The van der Waals surface area contributed by atoms with Gasteiger partial charge < -0.3 is 9.53 Å². The first kappa shape index (κ1) is 14.8. The minimum Gasteiger partial charge on any atom is -0.474 e. The van der Waals surface area contributed by atoms with E-state index in [1.54, 1.807) is 12.2 Å². The molecule has 86 valence electrons. The van der Waals surface area contributed by atoms with Crippen molar-refractivity contribution >= 4 is 46.5 Å². The van der Waals surface area contributed by atoms with Crippen LogP contribution in [0.1, 0.15) is 19.8 Å². The van der Waals surface area contributed by atoms with E-state index in [0.717, 1.165) is 0 Å². The zero-order valence-corrected chi connectivity index (χ0v) is 10.5. The van der Waals surface area contributed by atoms with Gasteiger partial charge in [-0.1, -0.05) is 47.0 Å². The summed E-state index contributed by atoms with van der Waals surface area (Å²) in [5, 5.41) is 7.18. The Morgan fingerprint density at radius 2 is 2.00 bits per heavy atom. The molecule has 0 spiro atoms. The van der Waals surface area contributed by atoms with Crippen LogP contribution in [0, 0.1) is 5.41 Å². The molecule has 1 N–H and O–H groups in total. The molecule has 0 fully saturated rings. The highest BCUT2D eigenvalue weighted by atomic mass is 35.6. The molecule has 0 radical (unpaired) electrons. The summed E-state index contributed by atoms with van der Waals surface area (Å²) in [4.78, 5) is 10.6. The number of ketones is 1. The SMILES string of the molecule is CC(=O)CC/C=C/COC(=N)C(Cl)(Cl)Cl. The zero-order valence-electron chi connectivity index (χ0n) is 8.23. The molecule has 6 heteroatoms. The first-order chi connectivity index (χ1) is 6.84. The second-order valence-electron chi connectivity index (χ2n) is 2.85. The average molecular weight is 273 g/mol. The van der Waals surface area contributed by atoms with Crippen LogP contribution in [0.4, 0.5) is 0 Å². The van der Waals surface area contributed by atoms with Crippen LogP contribution in [0.5, 0.6) is 0 Å². The van der Waals surface area contributed by atoms with Crippen LogP contribution in [-0.2, 0) is 9.53 Å². The monoisotopic (exact) mass is 271 g/mol. The number of hydrogen-bond acceptors (Lipinski definition) is 3. The summed E-state index contributed by atoms with van der Waals surface area (Å²) in [6.45, 7) is 1.69. The Morgan fingerprint density at radius 3 is 2.47 bits per heavy atom. The Labute approximate surface area is 104 Å². The van der Waals surface area contributed by atoms with Gasteiger partial charge in [0.05, 0.1) is 0 Å². The van der Waals surface area contributed by atoms with E-state index in [1.807, 2.05) is 0 Å². The molecule has 0 aliphatic heterocycles. The molecule has 15 heavy (non-hydrogen) atoms.